The van der Waals surface area contributed by atoms with Crippen LogP contribution >= 0.6 is 0 Å². The lowest BCUT2D eigenvalue weighted by Crippen LogP contribution is -2.07. The Balaban J connectivity index is 2.09. The van der Waals surface area contributed by atoms with E-state index >= 15 is 0 Å². The van der Waals surface area contributed by atoms with E-state index in [2.05, 4.69) is 13.8 Å². The Morgan fingerprint density at radius 1 is 0.786 bits per heavy atom. The normalized spacial score (nSPS) is 27.0. The summed E-state index contributed by atoms with van der Waals surface area (Å²) in [5, 5.41) is 0. The highest BCUT2D eigenvalue weighted by molar-refractivity contribution is 4.77. The van der Waals surface area contributed by atoms with Gasteiger partial charge in [0.2, 0.25) is 0 Å². The standard InChI is InChI=1S/C14H28/c1-3-5-6-7-10-14-12-8-11-13(14)9-4-2/h13-14H,3-12H2,1-2H3. The third kappa shape index (κ3) is 4.02. The maximum Gasteiger partial charge on any atom is -0.0386 e. The van der Waals surface area contributed by atoms with Gasteiger partial charge in [0, 0.05) is 0 Å². The molecule has 2 atom stereocenters. The second-order valence-corrected chi connectivity index (χ2v) is 5.09. The maximum atomic E-state index is 2.34. The van der Waals surface area contributed by atoms with Crippen molar-refractivity contribution in [2.75, 3.05) is 0 Å². The maximum absolute atomic E-state index is 2.34. The molecule has 14 heavy (non-hydrogen) atoms. The summed E-state index contributed by atoms with van der Waals surface area (Å²) < 4.78 is 0. The molecule has 0 spiro atoms. The van der Waals surface area contributed by atoms with Crippen molar-refractivity contribution in [2.24, 2.45) is 11.8 Å². The van der Waals surface area contributed by atoms with Crippen molar-refractivity contribution in [3.05, 3.63) is 0 Å². The molecule has 0 aromatic heterocycles. The zero-order valence-electron chi connectivity index (χ0n) is 10.2. The second-order valence-electron chi connectivity index (χ2n) is 5.09. The van der Waals surface area contributed by atoms with Crippen molar-refractivity contribution >= 4 is 0 Å². The first-order chi connectivity index (χ1) is 6.88. The number of rotatable bonds is 7. The molecule has 2 unspecified atom stereocenters. The molecule has 1 aliphatic rings. The van der Waals surface area contributed by atoms with Crippen LogP contribution in [-0.2, 0) is 0 Å². The Morgan fingerprint density at radius 3 is 2.14 bits per heavy atom. The average Bonchev–Trinajstić information content (AvgIpc) is 2.61. The fraction of sp³-hybridized carbons (Fsp3) is 1.00. The van der Waals surface area contributed by atoms with Crippen LogP contribution < -0.4 is 0 Å². The van der Waals surface area contributed by atoms with E-state index in [1.807, 2.05) is 0 Å². The van der Waals surface area contributed by atoms with E-state index in [1.165, 1.54) is 64.2 Å². The van der Waals surface area contributed by atoms with Gasteiger partial charge in [0.15, 0.2) is 0 Å². The summed E-state index contributed by atoms with van der Waals surface area (Å²) in [5.74, 6) is 2.20. The molecular formula is C14H28. The SMILES string of the molecule is CCCCCCC1CCCC1CCC. The van der Waals surface area contributed by atoms with Gasteiger partial charge in [0.1, 0.15) is 0 Å². The van der Waals surface area contributed by atoms with Crippen LogP contribution in [0.2, 0.25) is 0 Å². The Kier molecular flexibility index (Phi) is 6.31. The van der Waals surface area contributed by atoms with E-state index in [0.29, 0.717) is 0 Å². The summed E-state index contributed by atoms with van der Waals surface area (Å²) in [4.78, 5) is 0. The van der Waals surface area contributed by atoms with Crippen molar-refractivity contribution < 1.29 is 0 Å². The van der Waals surface area contributed by atoms with E-state index in [1.54, 1.807) is 0 Å². The van der Waals surface area contributed by atoms with E-state index in [0.717, 1.165) is 11.8 Å². The van der Waals surface area contributed by atoms with Crippen molar-refractivity contribution in [1.82, 2.24) is 0 Å². The molecule has 0 radical (unpaired) electrons. The number of hydrogen-bond donors (Lipinski definition) is 0. The summed E-state index contributed by atoms with van der Waals surface area (Å²) in [7, 11) is 0. The molecule has 0 aromatic rings. The van der Waals surface area contributed by atoms with Crippen molar-refractivity contribution in [3.63, 3.8) is 0 Å². The first-order valence-electron chi connectivity index (χ1n) is 6.88. The van der Waals surface area contributed by atoms with Crippen LogP contribution in [-0.4, -0.2) is 0 Å². The second kappa shape index (κ2) is 7.31. The highest BCUT2D eigenvalue weighted by atomic mass is 14.3. The third-order valence-corrected chi connectivity index (χ3v) is 3.90. The van der Waals surface area contributed by atoms with E-state index in [-0.39, 0.29) is 0 Å². The number of unbranched alkanes of at least 4 members (excludes halogenated alkanes) is 3. The largest absolute Gasteiger partial charge is 0.0654 e. The molecule has 0 heteroatoms. The third-order valence-electron chi connectivity index (χ3n) is 3.90. The van der Waals surface area contributed by atoms with E-state index in [4.69, 9.17) is 0 Å². The summed E-state index contributed by atoms with van der Waals surface area (Å²) in [6.07, 6.45) is 14.8. The topological polar surface area (TPSA) is 0 Å². The van der Waals surface area contributed by atoms with E-state index < -0.39 is 0 Å². The van der Waals surface area contributed by atoms with Gasteiger partial charge < -0.3 is 0 Å². The van der Waals surface area contributed by atoms with Gasteiger partial charge in [-0.2, -0.15) is 0 Å². The molecule has 0 amide bonds. The highest BCUT2D eigenvalue weighted by Gasteiger charge is 2.25. The molecule has 1 fully saturated rings. The molecule has 0 saturated heterocycles. The monoisotopic (exact) mass is 196 g/mol. The first kappa shape index (κ1) is 12.1. The van der Waals surface area contributed by atoms with Gasteiger partial charge in [0.05, 0.1) is 0 Å². The summed E-state index contributed by atoms with van der Waals surface area (Å²) in [6, 6.07) is 0. The zero-order chi connectivity index (χ0) is 10.2. The van der Waals surface area contributed by atoms with Crippen LogP contribution in [0, 0.1) is 11.8 Å². The van der Waals surface area contributed by atoms with Gasteiger partial charge in [-0.15, -0.1) is 0 Å². The van der Waals surface area contributed by atoms with Crippen LogP contribution in [0.25, 0.3) is 0 Å². The Hall–Kier alpha value is 0. The molecule has 0 N–H and O–H groups in total. The minimum atomic E-state index is 1.10. The highest BCUT2D eigenvalue weighted by Crippen LogP contribution is 2.37. The molecule has 0 heterocycles. The summed E-state index contributed by atoms with van der Waals surface area (Å²) >= 11 is 0. The van der Waals surface area contributed by atoms with Crippen LogP contribution in [0.4, 0.5) is 0 Å². The molecular weight excluding hydrogens is 168 g/mol. The molecule has 84 valence electrons. The number of hydrogen-bond acceptors (Lipinski definition) is 0. The van der Waals surface area contributed by atoms with Gasteiger partial charge in [0.25, 0.3) is 0 Å². The van der Waals surface area contributed by atoms with Gasteiger partial charge in [-0.3, -0.25) is 0 Å². The Morgan fingerprint density at radius 2 is 1.50 bits per heavy atom. The lowest BCUT2D eigenvalue weighted by atomic mass is 9.88. The van der Waals surface area contributed by atoms with Gasteiger partial charge in [-0.1, -0.05) is 78.1 Å². The fourth-order valence-corrected chi connectivity index (χ4v) is 3.08. The summed E-state index contributed by atoms with van der Waals surface area (Å²) in [5.41, 5.74) is 0. The predicted molar refractivity (Wildman–Crippen MR) is 64.5 cm³/mol. The minimum absolute atomic E-state index is 1.10. The van der Waals surface area contributed by atoms with Crippen molar-refractivity contribution in [1.29, 1.82) is 0 Å². The molecule has 0 bridgehead atoms. The lowest BCUT2D eigenvalue weighted by Gasteiger charge is -2.18. The van der Waals surface area contributed by atoms with Crippen LogP contribution in [0.5, 0.6) is 0 Å². The molecule has 1 aliphatic carbocycles. The predicted octanol–water partition coefficient (Wildman–Crippen LogP) is 5.17. The quantitative estimate of drug-likeness (QED) is 0.493. The summed E-state index contributed by atoms with van der Waals surface area (Å²) in [6.45, 7) is 4.64. The fourth-order valence-electron chi connectivity index (χ4n) is 3.08. The Bertz CT molecular complexity index is 128. The van der Waals surface area contributed by atoms with E-state index in [9.17, 15) is 0 Å². The molecule has 1 rings (SSSR count). The average molecular weight is 196 g/mol. The molecule has 0 aliphatic heterocycles. The van der Waals surface area contributed by atoms with Crippen LogP contribution in [0.3, 0.4) is 0 Å². The van der Waals surface area contributed by atoms with Crippen molar-refractivity contribution in [2.45, 2.75) is 78.1 Å². The molecule has 0 aromatic carbocycles. The lowest BCUT2D eigenvalue weighted by molar-refractivity contribution is 0.330. The minimum Gasteiger partial charge on any atom is -0.0654 e. The van der Waals surface area contributed by atoms with Gasteiger partial charge in [-0.05, 0) is 11.8 Å². The smallest absolute Gasteiger partial charge is 0.0386 e. The Labute approximate surface area is 90.5 Å². The van der Waals surface area contributed by atoms with Crippen LogP contribution in [0.15, 0.2) is 0 Å². The van der Waals surface area contributed by atoms with Crippen LogP contribution in [0.1, 0.15) is 78.1 Å². The van der Waals surface area contributed by atoms with Crippen molar-refractivity contribution in [3.8, 4) is 0 Å². The first-order valence-corrected chi connectivity index (χ1v) is 6.88. The van der Waals surface area contributed by atoms with Gasteiger partial charge >= 0.3 is 0 Å². The molecule has 1 saturated carbocycles. The van der Waals surface area contributed by atoms with Gasteiger partial charge in [-0.25, -0.2) is 0 Å². The zero-order valence-corrected chi connectivity index (χ0v) is 10.2. The molecule has 0 nitrogen and oxygen atoms in total.